The normalized spacial score (nSPS) is 10.6. The summed E-state index contributed by atoms with van der Waals surface area (Å²) in [7, 11) is -3.43. The van der Waals surface area contributed by atoms with E-state index in [1.807, 2.05) is 42.5 Å². The SMILES string of the molecule is O=CC#Cc1ccc(CS(=O)(=O)c2ccc(-c3ccccc3)cc2)cc1. The predicted molar refractivity (Wildman–Crippen MR) is 102 cm³/mol. The van der Waals surface area contributed by atoms with Gasteiger partial charge in [-0.2, -0.15) is 0 Å². The van der Waals surface area contributed by atoms with Crippen LogP contribution in [-0.2, 0) is 20.4 Å². The van der Waals surface area contributed by atoms with Gasteiger partial charge in [-0.3, -0.25) is 4.79 Å². The van der Waals surface area contributed by atoms with Crippen molar-refractivity contribution in [2.24, 2.45) is 0 Å². The Kier molecular flexibility index (Phi) is 5.31. The number of sulfone groups is 1. The third-order valence-electron chi connectivity index (χ3n) is 3.91. The van der Waals surface area contributed by atoms with Crippen molar-refractivity contribution in [1.82, 2.24) is 0 Å². The van der Waals surface area contributed by atoms with Crippen LogP contribution in [0.2, 0.25) is 0 Å². The average molecular weight is 360 g/mol. The minimum atomic E-state index is -3.43. The Bertz CT molecular complexity index is 1050. The van der Waals surface area contributed by atoms with Crippen molar-refractivity contribution in [2.45, 2.75) is 10.6 Å². The first kappa shape index (κ1) is 17.7. The van der Waals surface area contributed by atoms with Gasteiger partial charge in [0, 0.05) is 5.56 Å². The van der Waals surface area contributed by atoms with E-state index in [1.165, 1.54) is 0 Å². The van der Waals surface area contributed by atoms with E-state index >= 15 is 0 Å². The number of rotatable bonds is 4. The fourth-order valence-corrected chi connectivity index (χ4v) is 3.93. The molecule has 0 fully saturated rings. The molecule has 0 amide bonds. The molecule has 0 bridgehead atoms. The maximum atomic E-state index is 12.6. The summed E-state index contributed by atoms with van der Waals surface area (Å²) in [6.45, 7) is 0. The summed E-state index contributed by atoms with van der Waals surface area (Å²) in [6.07, 6.45) is 0.525. The van der Waals surface area contributed by atoms with Crippen LogP contribution >= 0.6 is 0 Å². The molecule has 0 saturated carbocycles. The van der Waals surface area contributed by atoms with E-state index in [2.05, 4.69) is 11.8 Å². The first-order chi connectivity index (χ1) is 12.6. The summed E-state index contributed by atoms with van der Waals surface area (Å²) in [5, 5.41) is 0. The zero-order valence-corrected chi connectivity index (χ0v) is 14.7. The van der Waals surface area contributed by atoms with Crippen LogP contribution in [-0.4, -0.2) is 14.7 Å². The quantitative estimate of drug-likeness (QED) is 0.524. The predicted octanol–water partition coefficient (Wildman–Crippen LogP) is 3.88. The standard InChI is InChI=1S/C22H16O3S/c23-16-4-5-18-8-10-19(11-9-18)17-26(24,25)22-14-12-21(13-15-22)20-6-2-1-3-7-20/h1-3,6-16H,17H2. The minimum Gasteiger partial charge on any atom is -0.289 e. The second-order valence-electron chi connectivity index (χ2n) is 5.73. The second kappa shape index (κ2) is 7.81. The molecular weight excluding hydrogens is 344 g/mol. The number of hydrogen-bond acceptors (Lipinski definition) is 3. The summed E-state index contributed by atoms with van der Waals surface area (Å²) in [5.74, 6) is 4.91. The summed E-state index contributed by atoms with van der Waals surface area (Å²) in [5.41, 5.74) is 3.37. The Morgan fingerprint density at radius 2 is 1.38 bits per heavy atom. The molecule has 3 nitrogen and oxygen atoms in total. The summed E-state index contributed by atoms with van der Waals surface area (Å²) in [4.78, 5) is 10.5. The number of aldehydes is 1. The van der Waals surface area contributed by atoms with Crippen LogP contribution in [0.1, 0.15) is 11.1 Å². The molecule has 0 unspecified atom stereocenters. The van der Waals surface area contributed by atoms with E-state index < -0.39 is 9.84 Å². The van der Waals surface area contributed by atoms with E-state index in [-0.39, 0.29) is 5.75 Å². The summed E-state index contributed by atoms with van der Waals surface area (Å²) in [6, 6.07) is 23.6. The lowest BCUT2D eigenvalue weighted by atomic mass is 10.1. The van der Waals surface area contributed by atoms with Gasteiger partial charge in [-0.15, -0.1) is 0 Å². The van der Waals surface area contributed by atoms with Crippen molar-refractivity contribution in [3.05, 3.63) is 90.0 Å². The van der Waals surface area contributed by atoms with E-state index in [0.29, 0.717) is 22.3 Å². The maximum Gasteiger partial charge on any atom is 0.193 e. The Balaban J connectivity index is 1.78. The number of hydrogen-bond donors (Lipinski definition) is 0. The van der Waals surface area contributed by atoms with Crippen LogP contribution < -0.4 is 0 Å². The minimum absolute atomic E-state index is 0.0843. The van der Waals surface area contributed by atoms with Crippen LogP contribution in [0.5, 0.6) is 0 Å². The van der Waals surface area contributed by atoms with Gasteiger partial charge >= 0.3 is 0 Å². The number of carbonyl (C=O) groups excluding carboxylic acids is 1. The molecule has 128 valence electrons. The van der Waals surface area contributed by atoms with Crippen LogP contribution in [0.4, 0.5) is 0 Å². The molecule has 0 N–H and O–H groups in total. The van der Waals surface area contributed by atoms with Crippen molar-refractivity contribution in [3.63, 3.8) is 0 Å². The van der Waals surface area contributed by atoms with Gasteiger partial charge in [0.05, 0.1) is 10.6 Å². The molecule has 0 aliphatic rings. The molecule has 0 saturated heterocycles. The van der Waals surface area contributed by atoms with Gasteiger partial charge < -0.3 is 0 Å². The van der Waals surface area contributed by atoms with Gasteiger partial charge in [0.25, 0.3) is 0 Å². The molecule has 0 radical (unpaired) electrons. The van der Waals surface area contributed by atoms with Gasteiger partial charge in [0.1, 0.15) is 0 Å². The van der Waals surface area contributed by atoms with Crippen molar-refractivity contribution < 1.29 is 13.2 Å². The first-order valence-corrected chi connectivity index (χ1v) is 9.66. The zero-order valence-electron chi connectivity index (χ0n) is 13.9. The molecule has 0 spiro atoms. The van der Waals surface area contributed by atoms with E-state index in [1.54, 1.807) is 36.4 Å². The molecule has 0 heterocycles. The van der Waals surface area contributed by atoms with E-state index in [9.17, 15) is 13.2 Å². The molecule has 3 aromatic carbocycles. The van der Waals surface area contributed by atoms with E-state index in [4.69, 9.17) is 0 Å². The molecule has 0 atom stereocenters. The van der Waals surface area contributed by atoms with Gasteiger partial charge in [0.2, 0.25) is 0 Å². The highest BCUT2D eigenvalue weighted by Gasteiger charge is 2.15. The molecule has 26 heavy (non-hydrogen) atoms. The third-order valence-corrected chi connectivity index (χ3v) is 5.61. The highest BCUT2D eigenvalue weighted by molar-refractivity contribution is 7.90. The molecule has 0 aliphatic heterocycles. The van der Waals surface area contributed by atoms with Gasteiger partial charge in [-0.05, 0) is 46.9 Å². The lowest BCUT2D eigenvalue weighted by molar-refractivity contribution is -0.103. The lowest BCUT2D eigenvalue weighted by Crippen LogP contribution is -2.05. The van der Waals surface area contributed by atoms with Crippen molar-refractivity contribution in [1.29, 1.82) is 0 Å². The topological polar surface area (TPSA) is 51.2 Å². The highest BCUT2D eigenvalue weighted by atomic mass is 32.2. The van der Waals surface area contributed by atoms with E-state index in [0.717, 1.165) is 11.1 Å². The third kappa shape index (κ3) is 4.27. The van der Waals surface area contributed by atoms with Crippen LogP contribution in [0.25, 0.3) is 11.1 Å². The Labute approximate surface area is 153 Å². The zero-order chi connectivity index (χ0) is 18.4. The Morgan fingerprint density at radius 1 is 0.769 bits per heavy atom. The second-order valence-corrected chi connectivity index (χ2v) is 7.72. The maximum absolute atomic E-state index is 12.6. The first-order valence-electron chi connectivity index (χ1n) is 8.01. The van der Waals surface area contributed by atoms with Crippen LogP contribution in [0, 0.1) is 11.8 Å². The molecule has 0 aromatic heterocycles. The molecule has 0 aliphatic carbocycles. The van der Waals surface area contributed by atoms with Crippen molar-refractivity contribution in [2.75, 3.05) is 0 Å². The largest absolute Gasteiger partial charge is 0.289 e. The molecule has 3 aromatic rings. The monoisotopic (exact) mass is 360 g/mol. The van der Waals surface area contributed by atoms with Gasteiger partial charge in [-0.25, -0.2) is 8.42 Å². The van der Waals surface area contributed by atoms with Gasteiger partial charge in [0.15, 0.2) is 16.1 Å². The Morgan fingerprint density at radius 3 is 2.00 bits per heavy atom. The van der Waals surface area contributed by atoms with Crippen molar-refractivity contribution >= 4 is 16.1 Å². The number of benzene rings is 3. The van der Waals surface area contributed by atoms with Crippen molar-refractivity contribution in [3.8, 4) is 23.0 Å². The van der Waals surface area contributed by atoms with Crippen LogP contribution in [0.3, 0.4) is 0 Å². The van der Waals surface area contributed by atoms with Crippen LogP contribution in [0.15, 0.2) is 83.8 Å². The fourth-order valence-electron chi connectivity index (χ4n) is 2.59. The fraction of sp³-hybridized carbons (Fsp3) is 0.0455. The summed E-state index contributed by atoms with van der Waals surface area (Å²) < 4.78 is 25.3. The highest BCUT2D eigenvalue weighted by Crippen LogP contribution is 2.23. The molecular formula is C22H16O3S. The molecule has 4 heteroatoms. The average Bonchev–Trinajstić information content (AvgIpc) is 2.68. The smallest absolute Gasteiger partial charge is 0.193 e. The molecule has 3 rings (SSSR count). The summed E-state index contributed by atoms with van der Waals surface area (Å²) >= 11 is 0. The lowest BCUT2D eigenvalue weighted by Gasteiger charge is -2.07. The van der Waals surface area contributed by atoms with Gasteiger partial charge in [-0.1, -0.05) is 60.5 Å². The Hall–Kier alpha value is -3.16. The number of carbonyl (C=O) groups is 1.